The summed E-state index contributed by atoms with van der Waals surface area (Å²) in [7, 11) is 0. The standard InChI is InChI=1S/C13H14ClIN2S/c14-9-4-5-12(10(15)6-9)17-13-16-11-3-1-2-8(11)7-18-13/h4-6,8,11H,1-3,7H2,(H,16,17). The SMILES string of the molecule is Clc1ccc(NC2=NC3CCCC3CS2)c(I)c1. The fraction of sp³-hybridized carbons (Fsp3) is 0.462. The van der Waals surface area contributed by atoms with E-state index < -0.39 is 0 Å². The molecule has 1 aliphatic heterocycles. The number of anilines is 1. The summed E-state index contributed by atoms with van der Waals surface area (Å²) in [6.07, 6.45) is 3.95. The number of benzene rings is 1. The zero-order valence-corrected chi connectivity index (χ0v) is 13.6. The molecule has 18 heavy (non-hydrogen) atoms. The summed E-state index contributed by atoms with van der Waals surface area (Å²) in [6.45, 7) is 0. The minimum Gasteiger partial charge on any atom is -0.334 e. The monoisotopic (exact) mass is 392 g/mol. The van der Waals surface area contributed by atoms with Gasteiger partial charge in [0.15, 0.2) is 5.17 Å². The Labute approximate surface area is 130 Å². The molecular weight excluding hydrogens is 379 g/mol. The van der Waals surface area contributed by atoms with Crippen molar-refractivity contribution in [3.8, 4) is 0 Å². The second kappa shape index (κ2) is 5.59. The highest BCUT2D eigenvalue weighted by atomic mass is 127. The average Bonchev–Trinajstić information content (AvgIpc) is 2.80. The van der Waals surface area contributed by atoms with Gasteiger partial charge in [-0.2, -0.15) is 0 Å². The zero-order chi connectivity index (χ0) is 12.5. The first-order valence-electron chi connectivity index (χ1n) is 6.15. The van der Waals surface area contributed by atoms with Gasteiger partial charge < -0.3 is 5.32 Å². The normalized spacial score (nSPS) is 26.7. The molecule has 0 spiro atoms. The van der Waals surface area contributed by atoms with Crippen LogP contribution in [0.15, 0.2) is 23.2 Å². The summed E-state index contributed by atoms with van der Waals surface area (Å²) in [5.41, 5.74) is 1.10. The maximum Gasteiger partial charge on any atom is 0.161 e. The van der Waals surface area contributed by atoms with E-state index in [1.807, 2.05) is 30.0 Å². The largest absolute Gasteiger partial charge is 0.334 e. The van der Waals surface area contributed by atoms with Gasteiger partial charge in [0, 0.05) is 14.3 Å². The first-order valence-corrected chi connectivity index (χ1v) is 8.59. The molecule has 2 atom stereocenters. The summed E-state index contributed by atoms with van der Waals surface area (Å²) in [5.74, 6) is 2.02. The Hall–Kier alpha value is 0.0600. The van der Waals surface area contributed by atoms with Gasteiger partial charge in [0.2, 0.25) is 0 Å². The number of halogens is 2. The maximum absolute atomic E-state index is 5.96. The molecule has 0 aromatic heterocycles. The quantitative estimate of drug-likeness (QED) is 0.705. The molecule has 0 bridgehead atoms. The van der Waals surface area contributed by atoms with Gasteiger partial charge in [0.1, 0.15) is 0 Å². The van der Waals surface area contributed by atoms with Gasteiger partial charge in [0.25, 0.3) is 0 Å². The third-order valence-corrected chi connectivity index (χ3v) is 5.71. The van der Waals surface area contributed by atoms with Crippen LogP contribution in [0, 0.1) is 9.49 Å². The van der Waals surface area contributed by atoms with Crippen molar-refractivity contribution in [1.82, 2.24) is 0 Å². The molecule has 0 saturated heterocycles. The Morgan fingerprint density at radius 1 is 1.39 bits per heavy atom. The summed E-state index contributed by atoms with van der Waals surface area (Å²) in [5, 5.41) is 5.28. The van der Waals surface area contributed by atoms with E-state index in [0.717, 1.165) is 25.4 Å². The average molecular weight is 393 g/mol. The summed E-state index contributed by atoms with van der Waals surface area (Å²) >= 11 is 10.1. The van der Waals surface area contributed by atoms with Gasteiger partial charge in [-0.05, 0) is 59.5 Å². The van der Waals surface area contributed by atoms with E-state index in [9.17, 15) is 0 Å². The van der Waals surface area contributed by atoms with Crippen molar-refractivity contribution in [2.45, 2.75) is 25.3 Å². The number of aliphatic imine (C=N–C) groups is 1. The van der Waals surface area contributed by atoms with Crippen LogP contribution in [-0.2, 0) is 0 Å². The fourth-order valence-corrected chi connectivity index (χ4v) is 4.69. The Morgan fingerprint density at radius 2 is 2.28 bits per heavy atom. The topological polar surface area (TPSA) is 24.4 Å². The van der Waals surface area contributed by atoms with Crippen LogP contribution in [0.25, 0.3) is 0 Å². The van der Waals surface area contributed by atoms with Crippen LogP contribution in [0.3, 0.4) is 0 Å². The number of amidine groups is 1. The Balaban J connectivity index is 1.76. The van der Waals surface area contributed by atoms with E-state index in [1.54, 1.807) is 0 Å². The molecule has 1 heterocycles. The highest BCUT2D eigenvalue weighted by molar-refractivity contribution is 14.1. The van der Waals surface area contributed by atoms with Crippen LogP contribution in [0.1, 0.15) is 19.3 Å². The number of fused-ring (bicyclic) bond motifs is 1. The van der Waals surface area contributed by atoms with Crippen molar-refractivity contribution < 1.29 is 0 Å². The molecule has 5 heteroatoms. The number of rotatable bonds is 1. The van der Waals surface area contributed by atoms with Gasteiger partial charge in [0.05, 0.1) is 11.7 Å². The number of hydrogen-bond acceptors (Lipinski definition) is 3. The molecule has 0 amide bonds. The van der Waals surface area contributed by atoms with Gasteiger partial charge in [-0.1, -0.05) is 29.8 Å². The maximum atomic E-state index is 5.96. The smallest absolute Gasteiger partial charge is 0.161 e. The highest BCUT2D eigenvalue weighted by Crippen LogP contribution is 2.36. The van der Waals surface area contributed by atoms with Crippen molar-refractivity contribution in [1.29, 1.82) is 0 Å². The molecular formula is C13H14ClIN2S. The lowest BCUT2D eigenvalue weighted by Crippen LogP contribution is -2.25. The van der Waals surface area contributed by atoms with Crippen LogP contribution in [0.5, 0.6) is 0 Å². The summed E-state index contributed by atoms with van der Waals surface area (Å²) in [6, 6.07) is 6.46. The van der Waals surface area contributed by atoms with E-state index >= 15 is 0 Å². The van der Waals surface area contributed by atoms with Crippen molar-refractivity contribution in [3.05, 3.63) is 26.8 Å². The number of nitrogens with one attached hydrogen (secondary N) is 1. The Morgan fingerprint density at radius 3 is 3.11 bits per heavy atom. The number of nitrogens with zero attached hydrogens (tertiary/aromatic N) is 1. The van der Waals surface area contributed by atoms with Crippen LogP contribution in [0.2, 0.25) is 5.02 Å². The molecule has 1 aliphatic carbocycles. The third-order valence-electron chi connectivity index (χ3n) is 3.51. The van der Waals surface area contributed by atoms with Crippen LogP contribution in [-0.4, -0.2) is 17.0 Å². The van der Waals surface area contributed by atoms with Gasteiger partial charge >= 0.3 is 0 Å². The summed E-state index contributed by atoms with van der Waals surface area (Å²) in [4.78, 5) is 4.83. The highest BCUT2D eigenvalue weighted by Gasteiger charge is 2.31. The molecule has 1 N–H and O–H groups in total. The van der Waals surface area contributed by atoms with Crippen LogP contribution < -0.4 is 5.32 Å². The predicted molar refractivity (Wildman–Crippen MR) is 88.8 cm³/mol. The molecule has 1 fully saturated rings. The second-order valence-corrected chi connectivity index (χ2v) is 7.36. The molecule has 1 aromatic carbocycles. The molecule has 1 aromatic rings. The lowest BCUT2D eigenvalue weighted by atomic mass is 10.1. The molecule has 96 valence electrons. The zero-order valence-electron chi connectivity index (χ0n) is 9.83. The van der Waals surface area contributed by atoms with Crippen molar-refractivity contribution in [2.75, 3.05) is 11.1 Å². The van der Waals surface area contributed by atoms with Crippen molar-refractivity contribution in [2.24, 2.45) is 10.9 Å². The van der Waals surface area contributed by atoms with Crippen LogP contribution >= 0.6 is 46.0 Å². The van der Waals surface area contributed by atoms with Crippen molar-refractivity contribution in [3.63, 3.8) is 0 Å². The molecule has 2 unspecified atom stereocenters. The lowest BCUT2D eigenvalue weighted by Gasteiger charge is -2.23. The third kappa shape index (κ3) is 2.80. The van der Waals surface area contributed by atoms with E-state index in [1.165, 1.54) is 25.0 Å². The molecule has 1 saturated carbocycles. The van der Waals surface area contributed by atoms with E-state index in [2.05, 4.69) is 27.9 Å². The summed E-state index contributed by atoms with van der Waals surface area (Å²) < 4.78 is 1.14. The molecule has 3 rings (SSSR count). The minimum absolute atomic E-state index is 0.554. The first kappa shape index (κ1) is 13.1. The minimum atomic E-state index is 0.554. The van der Waals surface area contributed by atoms with Gasteiger partial charge in [-0.25, -0.2) is 0 Å². The predicted octanol–water partition coefficient (Wildman–Crippen LogP) is 4.63. The Bertz CT molecular complexity index is 492. The van der Waals surface area contributed by atoms with Gasteiger partial charge in [-0.3, -0.25) is 4.99 Å². The van der Waals surface area contributed by atoms with Gasteiger partial charge in [-0.15, -0.1) is 0 Å². The van der Waals surface area contributed by atoms with Crippen LogP contribution in [0.4, 0.5) is 5.69 Å². The molecule has 2 aliphatic rings. The van der Waals surface area contributed by atoms with E-state index in [4.69, 9.17) is 16.6 Å². The number of hydrogen-bond donors (Lipinski definition) is 1. The van der Waals surface area contributed by atoms with E-state index in [0.29, 0.717) is 6.04 Å². The molecule has 0 radical (unpaired) electrons. The fourth-order valence-electron chi connectivity index (χ4n) is 2.53. The molecule has 2 nitrogen and oxygen atoms in total. The van der Waals surface area contributed by atoms with Crippen molar-refractivity contribution >= 4 is 56.8 Å². The van der Waals surface area contributed by atoms with E-state index in [-0.39, 0.29) is 0 Å². The first-order chi connectivity index (χ1) is 8.72. The lowest BCUT2D eigenvalue weighted by molar-refractivity contribution is 0.535. The number of thioether (sulfide) groups is 1. The second-order valence-electron chi connectivity index (χ2n) is 4.75. The Kier molecular flexibility index (Phi) is 4.06.